The Morgan fingerprint density at radius 2 is 0.906 bits per heavy atom. The summed E-state index contributed by atoms with van der Waals surface area (Å²) < 4.78 is 22.8. The highest BCUT2D eigenvalue weighted by Gasteiger charge is 2.44. The van der Waals surface area contributed by atoms with Gasteiger partial charge in [-0.2, -0.15) is 0 Å². The molecule has 64 heavy (non-hydrogen) atoms. The van der Waals surface area contributed by atoms with E-state index < -0.39 is 43.4 Å². The highest BCUT2D eigenvalue weighted by Crippen LogP contribution is 2.22. The van der Waals surface area contributed by atoms with Crippen molar-refractivity contribution in [2.45, 2.75) is 205 Å². The van der Waals surface area contributed by atoms with E-state index in [1.165, 1.54) is 44.9 Å². The third-order valence-electron chi connectivity index (χ3n) is 10.7. The second kappa shape index (κ2) is 45.0. The Bertz CT molecular complexity index is 1340. The van der Waals surface area contributed by atoms with Crippen molar-refractivity contribution in [2.75, 3.05) is 26.4 Å². The van der Waals surface area contributed by atoms with E-state index in [1.54, 1.807) is 0 Å². The van der Waals surface area contributed by atoms with Crippen LogP contribution in [0.25, 0.3) is 0 Å². The van der Waals surface area contributed by atoms with Gasteiger partial charge >= 0.3 is 5.97 Å². The molecule has 364 valence electrons. The topological polar surface area (TPSA) is 135 Å². The minimum Gasteiger partial charge on any atom is -0.457 e. The van der Waals surface area contributed by atoms with Gasteiger partial charge in [-0.05, 0) is 96.3 Å². The Labute approximate surface area is 389 Å². The molecule has 0 spiro atoms. The first-order valence-electron chi connectivity index (χ1n) is 25.0. The van der Waals surface area contributed by atoms with Crippen molar-refractivity contribution in [3.05, 3.63) is 109 Å². The summed E-state index contributed by atoms with van der Waals surface area (Å²) in [6.07, 6.45) is 57.0. The van der Waals surface area contributed by atoms with Crippen LogP contribution in [0, 0.1) is 0 Å². The van der Waals surface area contributed by atoms with Gasteiger partial charge in [-0.25, -0.2) is 0 Å². The first-order valence-corrected chi connectivity index (χ1v) is 25.0. The Morgan fingerprint density at radius 3 is 1.36 bits per heavy atom. The first kappa shape index (κ1) is 58.9. The van der Waals surface area contributed by atoms with Gasteiger partial charge < -0.3 is 39.4 Å². The van der Waals surface area contributed by atoms with E-state index in [1.807, 2.05) is 0 Å². The zero-order valence-electron chi connectivity index (χ0n) is 40.0. The molecule has 0 saturated carbocycles. The Hall–Kier alpha value is -3.15. The molecular formula is C55H90O9. The molecular weight excluding hydrogens is 805 g/mol. The molecule has 9 nitrogen and oxygen atoms in total. The Kier molecular flexibility index (Phi) is 41.4. The predicted molar refractivity (Wildman–Crippen MR) is 265 cm³/mol. The Balaban J connectivity index is 2.22. The van der Waals surface area contributed by atoms with Gasteiger partial charge in [-0.15, -0.1) is 0 Å². The van der Waals surface area contributed by atoms with Crippen LogP contribution in [-0.2, 0) is 23.7 Å². The molecule has 1 fully saturated rings. The second-order valence-corrected chi connectivity index (χ2v) is 16.5. The molecule has 6 unspecified atom stereocenters. The summed E-state index contributed by atoms with van der Waals surface area (Å²) in [6.45, 7) is 4.25. The highest BCUT2D eigenvalue weighted by molar-refractivity contribution is 5.69. The normalized spacial score (nSPS) is 20.5. The van der Waals surface area contributed by atoms with E-state index in [2.05, 4.69) is 123 Å². The zero-order valence-corrected chi connectivity index (χ0v) is 40.0. The molecule has 1 aliphatic rings. The van der Waals surface area contributed by atoms with E-state index >= 15 is 0 Å². The molecule has 0 amide bonds. The van der Waals surface area contributed by atoms with Gasteiger partial charge in [0.15, 0.2) is 6.29 Å². The largest absolute Gasteiger partial charge is 0.457 e. The molecule has 0 bridgehead atoms. The van der Waals surface area contributed by atoms with E-state index in [0.717, 1.165) is 96.3 Å². The summed E-state index contributed by atoms with van der Waals surface area (Å²) in [5.41, 5.74) is 0. The number of rotatable bonds is 41. The maximum absolute atomic E-state index is 12.8. The summed E-state index contributed by atoms with van der Waals surface area (Å²) in [5.74, 6) is -0.360. The molecule has 1 rings (SSSR count). The molecule has 0 radical (unpaired) electrons. The molecule has 0 aromatic heterocycles. The fourth-order valence-corrected chi connectivity index (χ4v) is 6.86. The molecule has 6 atom stereocenters. The van der Waals surface area contributed by atoms with E-state index in [-0.39, 0.29) is 25.6 Å². The van der Waals surface area contributed by atoms with E-state index in [4.69, 9.17) is 18.9 Å². The van der Waals surface area contributed by atoms with Crippen LogP contribution in [0.15, 0.2) is 109 Å². The van der Waals surface area contributed by atoms with E-state index in [9.17, 15) is 25.2 Å². The SMILES string of the molecule is CC/C=C\C/C=C\C/C=C\C/C=C\C/C=C\CCCCCCCCCCCCOCC(COC1OC(CO)C(O)C(O)C1O)OC(=O)CCCC/C=C\C/C=C\C/C=C\C/C=C\CC. The van der Waals surface area contributed by atoms with Crippen molar-refractivity contribution >= 4 is 5.97 Å². The van der Waals surface area contributed by atoms with E-state index in [0.29, 0.717) is 13.0 Å². The van der Waals surface area contributed by atoms with Gasteiger partial charge in [-0.1, -0.05) is 175 Å². The summed E-state index contributed by atoms with van der Waals surface area (Å²) in [7, 11) is 0. The summed E-state index contributed by atoms with van der Waals surface area (Å²) in [4.78, 5) is 12.8. The van der Waals surface area contributed by atoms with Crippen molar-refractivity contribution in [3.8, 4) is 0 Å². The van der Waals surface area contributed by atoms with Crippen LogP contribution in [0.3, 0.4) is 0 Å². The van der Waals surface area contributed by atoms with Crippen LogP contribution in [-0.4, -0.2) is 89.6 Å². The number of esters is 1. The number of aliphatic hydroxyl groups is 4. The highest BCUT2D eigenvalue weighted by atomic mass is 16.7. The third-order valence-corrected chi connectivity index (χ3v) is 10.7. The Morgan fingerprint density at radius 1 is 0.500 bits per heavy atom. The molecule has 0 aliphatic carbocycles. The monoisotopic (exact) mass is 895 g/mol. The molecule has 4 N–H and O–H groups in total. The second-order valence-electron chi connectivity index (χ2n) is 16.5. The third kappa shape index (κ3) is 35.2. The quantitative estimate of drug-likeness (QED) is 0.0269. The van der Waals surface area contributed by atoms with Gasteiger partial charge in [0.2, 0.25) is 0 Å². The van der Waals surface area contributed by atoms with Crippen molar-refractivity contribution in [1.29, 1.82) is 0 Å². The number of aliphatic hydroxyl groups excluding tert-OH is 4. The lowest BCUT2D eigenvalue weighted by Crippen LogP contribution is -2.59. The van der Waals surface area contributed by atoms with Crippen LogP contribution in [0.2, 0.25) is 0 Å². The fourth-order valence-electron chi connectivity index (χ4n) is 6.86. The number of hydrogen-bond acceptors (Lipinski definition) is 9. The van der Waals surface area contributed by atoms with Gasteiger partial charge in [0.1, 0.15) is 30.5 Å². The molecule has 0 aromatic rings. The molecule has 9 heteroatoms. The van der Waals surface area contributed by atoms with Crippen molar-refractivity contribution in [3.63, 3.8) is 0 Å². The smallest absolute Gasteiger partial charge is 0.306 e. The van der Waals surface area contributed by atoms with Gasteiger partial charge in [-0.3, -0.25) is 4.79 Å². The first-order chi connectivity index (χ1) is 31.4. The lowest BCUT2D eigenvalue weighted by Gasteiger charge is -2.39. The number of carbonyl (C=O) groups excluding carboxylic acids is 1. The summed E-state index contributed by atoms with van der Waals surface area (Å²) in [5, 5.41) is 40.2. The van der Waals surface area contributed by atoms with Crippen LogP contribution < -0.4 is 0 Å². The lowest BCUT2D eigenvalue weighted by molar-refractivity contribution is -0.305. The molecule has 1 aliphatic heterocycles. The standard InChI is InChI=1S/C55H90O9/c1-3-5-7-9-11-13-15-17-19-20-21-22-23-24-25-26-27-28-29-31-33-35-37-39-41-43-45-61-47-49(48-62-55-54(60)53(59)52(58)50(46-56)64-55)63-51(57)44-42-40-38-36-34-32-30-18-16-14-12-10-8-6-4-2/h5-8,11-14,17-19,21-22,24-25,30,34,36,49-50,52-56,58-60H,3-4,9-10,15-16,20,23,26-29,31-33,35,37-48H2,1-2H3/b7-5-,8-6-,13-11-,14-12-,19-17-,22-21-,25-24-,30-18-,36-34-. The minimum atomic E-state index is -1.55. The fraction of sp³-hybridized carbons (Fsp3) is 0.655. The molecule has 1 heterocycles. The van der Waals surface area contributed by atoms with Gasteiger partial charge in [0.25, 0.3) is 0 Å². The number of unbranched alkanes of at least 4 members (excludes halogenated alkanes) is 12. The summed E-state index contributed by atoms with van der Waals surface area (Å²) >= 11 is 0. The zero-order chi connectivity index (χ0) is 46.4. The maximum atomic E-state index is 12.8. The van der Waals surface area contributed by atoms with Gasteiger partial charge in [0.05, 0.1) is 19.8 Å². The molecule has 1 saturated heterocycles. The average Bonchev–Trinajstić information content (AvgIpc) is 3.30. The average molecular weight is 895 g/mol. The number of hydrogen-bond donors (Lipinski definition) is 4. The number of carbonyl (C=O) groups is 1. The van der Waals surface area contributed by atoms with Crippen molar-refractivity contribution < 1.29 is 44.2 Å². The summed E-state index contributed by atoms with van der Waals surface area (Å²) in [6, 6.07) is 0. The lowest BCUT2D eigenvalue weighted by atomic mass is 9.99. The van der Waals surface area contributed by atoms with Crippen LogP contribution in [0.1, 0.15) is 168 Å². The van der Waals surface area contributed by atoms with Gasteiger partial charge in [0, 0.05) is 13.0 Å². The number of allylic oxidation sites excluding steroid dienone is 18. The minimum absolute atomic E-state index is 0.117. The van der Waals surface area contributed by atoms with Crippen LogP contribution in [0.5, 0.6) is 0 Å². The predicted octanol–water partition coefficient (Wildman–Crippen LogP) is 12.1. The number of ether oxygens (including phenoxy) is 4. The molecule has 0 aromatic carbocycles. The van der Waals surface area contributed by atoms with Crippen LogP contribution in [0.4, 0.5) is 0 Å². The van der Waals surface area contributed by atoms with Crippen molar-refractivity contribution in [2.24, 2.45) is 0 Å². The maximum Gasteiger partial charge on any atom is 0.306 e. The van der Waals surface area contributed by atoms with Crippen LogP contribution >= 0.6 is 0 Å². The van der Waals surface area contributed by atoms with Crippen molar-refractivity contribution in [1.82, 2.24) is 0 Å².